The van der Waals surface area contributed by atoms with Crippen molar-refractivity contribution < 1.29 is 17.9 Å². The van der Waals surface area contributed by atoms with Crippen molar-refractivity contribution in [3.05, 3.63) is 64.7 Å². The molecule has 0 aliphatic rings. The molecular formula is C23H31NO4S. The van der Waals surface area contributed by atoms with Crippen LogP contribution >= 0.6 is 0 Å². The van der Waals surface area contributed by atoms with Gasteiger partial charge in [0.15, 0.2) is 9.84 Å². The van der Waals surface area contributed by atoms with Crippen LogP contribution in [0.3, 0.4) is 0 Å². The van der Waals surface area contributed by atoms with Crippen LogP contribution in [-0.2, 0) is 20.3 Å². The fraction of sp³-hybridized carbons (Fsp3) is 0.435. The van der Waals surface area contributed by atoms with Crippen molar-refractivity contribution in [2.24, 2.45) is 0 Å². The summed E-state index contributed by atoms with van der Waals surface area (Å²) in [6, 6.07) is 12.8. The number of esters is 1. The van der Waals surface area contributed by atoms with Gasteiger partial charge in [0, 0.05) is 18.5 Å². The number of carbonyl (C=O) groups excluding carboxylic acids is 1. The summed E-state index contributed by atoms with van der Waals surface area (Å²) in [6.07, 6.45) is 1.18. The van der Waals surface area contributed by atoms with E-state index in [1.54, 1.807) is 24.3 Å². The van der Waals surface area contributed by atoms with Gasteiger partial charge in [-0.1, -0.05) is 58.0 Å². The maximum Gasteiger partial charge on any atom is 0.338 e. The van der Waals surface area contributed by atoms with Gasteiger partial charge in [-0.15, -0.1) is 0 Å². The van der Waals surface area contributed by atoms with Crippen molar-refractivity contribution in [2.45, 2.75) is 45.3 Å². The third kappa shape index (κ3) is 6.89. The monoisotopic (exact) mass is 417 g/mol. The second-order valence-corrected chi connectivity index (χ2v) is 10.1. The summed E-state index contributed by atoms with van der Waals surface area (Å²) in [5.74, 6) is 0.326. The topological polar surface area (TPSA) is 72.5 Å². The molecule has 0 fully saturated rings. The predicted octanol–water partition coefficient (Wildman–Crippen LogP) is 4.75. The number of para-hydroxylation sites is 1. The zero-order valence-corrected chi connectivity index (χ0v) is 18.7. The Morgan fingerprint density at radius 3 is 2.00 bits per heavy atom. The highest BCUT2D eigenvalue weighted by Gasteiger charge is 2.14. The molecule has 0 atom stereocenters. The number of rotatable bonds is 9. The molecule has 0 radical (unpaired) electrons. The summed E-state index contributed by atoms with van der Waals surface area (Å²) < 4.78 is 28.1. The van der Waals surface area contributed by atoms with Crippen molar-refractivity contribution in [3.63, 3.8) is 0 Å². The molecule has 0 amide bonds. The van der Waals surface area contributed by atoms with Crippen LogP contribution in [0.1, 0.15) is 66.6 Å². The van der Waals surface area contributed by atoms with Gasteiger partial charge in [-0.2, -0.15) is 0 Å². The number of ether oxygens (including phenoxy) is 1. The van der Waals surface area contributed by atoms with Crippen LogP contribution in [-0.4, -0.2) is 33.8 Å². The third-order valence-corrected chi connectivity index (χ3v) is 5.49. The van der Waals surface area contributed by atoms with E-state index >= 15 is 0 Å². The quantitative estimate of drug-likeness (QED) is 0.471. The van der Waals surface area contributed by atoms with E-state index in [0.717, 1.165) is 5.69 Å². The van der Waals surface area contributed by atoms with Gasteiger partial charge in [0.05, 0.1) is 11.3 Å². The standard InChI is InChI=1S/C23H31NO4S/c1-16(2)20-7-6-8-21(17(3)4)22(20)24-13-14-28-23(25)19-11-9-18(10-12-19)15-29(5,26)27/h6-12,16-17,24H,13-15H2,1-5H3. The van der Waals surface area contributed by atoms with Crippen molar-refractivity contribution in [2.75, 3.05) is 24.7 Å². The van der Waals surface area contributed by atoms with Crippen molar-refractivity contribution in [3.8, 4) is 0 Å². The lowest BCUT2D eigenvalue weighted by Gasteiger charge is -2.21. The summed E-state index contributed by atoms with van der Waals surface area (Å²) in [5.41, 5.74) is 4.69. The zero-order valence-electron chi connectivity index (χ0n) is 17.9. The Bertz CT molecular complexity index is 906. The van der Waals surface area contributed by atoms with E-state index < -0.39 is 15.8 Å². The lowest BCUT2D eigenvalue weighted by atomic mass is 9.92. The van der Waals surface area contributed by atoms with Crippen molar-refractivity contribution in [1.82, 2.24) is 0 Å². The molecule has 0 aromatic heterocycles. The second-order valence-electron chi connectivity index (χ2n) is 7.95. The predicted molar refractivity (Wildman–Crippen MR) is 118 cm³/mol. The molecule has 0 saturated heterocycles. The normalized spacial score (nSPS) is 11.7. The van der Waals surface area contributed by atoms with E-state index in [2.05, 4.69) is 51.2 Å². The van der Waals surface area contributed by atoms with Crippen LogP contribution in [0.4, 0.5) is 5.69 Å². The molecule has 2 aromatic rings. The first-order valence-electron chi connectivity index (χ1n) is 9.89. The lowest BCUT2D eigenvalue weighted by molar-refractivity contribution is 0.0520. The fourth-order valence-corrected chi connectivity index (χ4v) is 4.00. The van der Waals surface area contributed by atoms with E-state index in [-0.39, 0.29) is 12.4 Å². The van der Waals surface area contributed by atoms with E-state index in [9.17, 15) is 13.2 Å². The maximum absolute atomic E-state index is 12.2. The Kier molecular flexibility index (Phi) is 7.85. The van der Waals surface area contributed by atoms with Crippen molar-refractivity contribution in [1.29, 1.82) is 0 Å². The molecular weight excluding hydrogens is 386 g/mol. The minimum absolute atomic E-state index is 0.0420. The minimum atomic E-state index is -3.10. The number of hydrogen-bond donors (Lipinski definition) is 1. The first kappa shape index (κ1) is 22.9. The summed E-state index contributed by atoms with van der Waals surface area (Å²) in [5, 5.41) is 3.44. The fourth-order valence-electron chi connectivity index (χ4n) is 3.20. The Labute approximate surface area is 174 Å². The number of hydrogen-bond acceptors (Lipinski definition) is 5. The molecule has 0 spiro atoms. The minimum Gasteiger partial charge on any atom is -0.460 e. The molecule has 6 heteroatoms. The Hall–Kier alpha value is -2.34. The van der Waals surface area contributed by atoms with E-state index in [1.807, 2.05) is 0 Å². The molecule has 0 unspecified atom stereocenters. The van der Waals surface area contributed by atoms with Gasteiger partial charge in [-0.25, -0.2) is 13.2 Å². The Morgan fingerprint density at radius 1 is 0.966 bits per heavy atom. The summed E-state index contributed by atoms with van der Waals surface area (Å²) in [4.78, 5) is 12.2. The first-order valence-corrected chi connectivity index (χ1v) is 11.9. The lowest BCUT2D eigenvalue weighted by Crippen LogP contribution is -2.16. The third-order valence-electron chi connectivity index (χ3n) is 4.63. The maximum atomic E-state index is 12.2. The molecule has 0 bridgehead atoms. The van der Waals surface area contributed by atoms with Gasteiger partial charge in [-0.05, 0) is 40.7 Å². The molecule has 2 rings (SSSR count). The molecule has 0 aliphatic heterocycles. The summed E-state index contributed by atoms with van der Waals surface area (Å²) in [7, 11) is -3.10. The van der Waals surface area contributed by atoms with Gasteiger partial charge >= 0.3 is 5.97 Å². The summed E-state index contributed by atoms with van der Waals surface area (Å²) >= 11 is 0. The number of sulfone groups is 1. The average Bonchev–Trinajstić information content (AvgIpc) is 2.64. The molecule has 0 heterocycles. The largest absolute Gasteiger partial charge is 0.460 e. The Morgan fingerprint density at radius 2 is 1.52 bits per heavy atom. The molecule has 0 aliphatic carbocycles. The van der Waals surface area contributed by atoms with Gasteiger partial charge in [0.25, 0.3) is 0 Å². The van der Waals surface area contributed by atoms with E-state index in [0.29, 0.717) is 29.5 Å². The van der Waals surface area contributed by atoms with E-state index in [4.69, 9.17) is 4.74 Å². The van der Waals surface area contributed by atoms with Gasteiger partial charge in [0.1, 0.15) is 6.61 Å². The molecule has 29 heavy (non-hydrogen) atoms. The van der Waals surface area contributed by atoms with Gasteiger partial charge in [0.2, 0.25) is 0 Å². The van der Waals surface area contributed by atoms with Crippen LogP contribution in [0.15, 0.2) is 42.5 Å². The average molecular weight is 418 g/mol. The van der Waals surface area contributed by atoms with Gasteiger partial charge in [-0.3, -0.25) is 0 Å². The highest BCUT2D eigenvalue weighted by atomic mass is 32.2. The number of carbonyl (C=O) groups is 1. The molecule has 5 nitrogen and oxygen atoms in total. The highest BCUT2D eigenvalue weighted by molar-refractivity contribution is 7.89. The Balaban J connectivity index is 1.95. The number of nitrogens with one attached hydrogen (secondary N) is 1. The molecule has 158 valence electrons. The second kappa shape index (κ2) is 9.92. The first-order chi connectivity index (χ1) is 13.6. The smallest absolute Gasteiger partial charge is 0.338 e. The highest BCUT2D eigenvalue weighted by Crippen LogP contribution is 2.32. The van der Waals surface area contributed by atoms with Crippen LogP contribution in [0, 0.1) is 0 Å². The SMILES string of the molecule is CC(C)c1cccc(C(C)C)c1NCCOC(=O)c1ccc(CS(C)(=O)=O)cc1. The molecule has 0 saturated carbocycles. The molecule has 1 N–H and O–H groups in total. The van der Waals surface area contributed by atoms with Crippen LogP contribution in [0.5, 0.6) is 0 Å². The van der Waals surface area contributed by atoms with Crippen LogP contribution in [0.2, 0.25) is 0 Å². The number of anilines is 1. The van der Waals surface area contributed by atoms with Crippen molar-refractivity contribution >= 4 is 21.5 Å². The van der Waals surface area contributed by atoms with Crippen LogP contribution in [0.25, 0.3) is 0 Å². The van der Waals surface area contributed by atoms with Crippen LogP contribution < -0.4 is 5.32 Å². The van der Waals surface area contributed by atoms with E-state index in [1.165, 1.54) is 17.4 Å². The number of benzene rings is 2. The van der Waals surface area contributed by atoms with Gasteiger partial charge < -0.3 is 10.1 Å². The molecule has 2 aromatic carbocycles. The zero-order chi connectivity index (χ0) is 21.6. The summed E-state index contributed by atoms with van der Waals surface area (Å²) in [6.45, 7) is 9.42.